The summed E-state index contributed by atoms with van der Waals surface area (Å²) in [5, 5.41) is 0. The second-order valence-corrected chi connectivity index (χ2v) is 6.02. The van der Waals surface area contributed by atoms with E-state index in [2.05, 4.69) is 0 Å². The number of hydrogen-bond donors (Lipinski definition) is 1. The fourth-order valence-corrected chi connectivity index (χ4v) is 2.81. The van der Waals surface area contributed by atoms with Crippen LogP contribution in [0, 0.1) is 5.92 Å². The molecule has 0 atom stereocenters. The van der Waals surface area contributed by atoms with Crippen LogP contribution in [-0.4, -0.2) is 38.6 Å². The average molecular weight is 220 g/mol. The fraction of sp³-hybridized carbons (Fsp3) is 1.00. The molecular weight excluding hydrogens is 200 g/mol. The Bertz CT molecular complexity index is 256. The van der Waals surface area contributed by atoms with E-state index in [4.69, 9.17) is 5.73 Å². The molecule has 1 aliphatic rings. The number of sulfonamides is 1. The van der Waals surface area contributed by atoms with Crippen molar-refractivity contribution in [3.63, 3.8) is 0 Å². The highest BCUT2D eigenvalue weighted by Crippen LogP contribution is 2.22. The lowest BCUT2D eigenvalue weighted by Gasteiger charge is -2.30. The van der Waals surface area contributed by atoms with Crippen LogP contribution in [0.25, 0.3) is 0 Å². The molecule has 0 unspecified atom stereocenters. The number of hydrogen-bond acceptors (Lipinski definition) is 3. The molecule has 1 fully saturated rings. The van der Waals surface area contributed by atoms with Crippen LogP contribution in [0.5, 0.6) is 0 Å². The number of piperidine rings is 1. The summed E-state index contributed by atoms with van der Waals surface area (Å²) < 4.78 is 24.0. The Morgan fingerprint density at radius 1 is 1.36 bits per heavy atom. The van der Waals surface area contributed by atoms with Crippen LogP contribution in [0.4, 0.5) is 0 Å². The number of nitrogens with two attached hydrogens (primary N) is 1. The lowest BCUT2D eigenvalue weighted by Crippen LogP contribution is -2.37. The van der Waals surface area contributed by atoms with Crippen molar-refractivity contribution in [3.05, 3.63) is 0 Å². The van der Waals surface area contributed by atoms with Crippen molar-refractivity contribution in [1.29, 1.82) is 0 Å². The van der Waals surface area contributed by atoms with Gasteiger partial charge in [0.25, 0.3) is 0 Å². The quantitative estimate of drug-likeness (QED) is 0.746. The van der Waals surface area contributed by atoms with Crippen molar-refractivity contribution < 1.29 is 8.42 Å². The van der Waals surface area contributed by atoms with Gasteiger partial charge in [-0.05, 0) is 38.1 Å². The van der Waals surface area contributed by atoms with Gasteiger partial charge in [-0.15, -0.1) is 0 Å². The Balaban J connectivity index is 2.31. The highest BCUT2D eigenvalue weighted by atomic mass is 32.2. The smallest absolute Gasteiger partial charge is 0.211 e. The van der Waals surface area contributed by atoms with E-state index in [1.165, 1.54) is 6.26 Å². The zero-order valence-electron chi connectivity index (χ0n) is 8.78. The summed E-state index contributed by atoms with van der Waals surface area (Å²) in [6.45, 7) is 2.12. The van der Waals surface area contributed by atoms with Crippen molar-refractivity contribution in [2.75, 3.05) is 25.9 Å². The van der Waals surface area contributed by atoms with Crippen molar-refractivity contribution in [1.82, 2.24) is 4.31 Å². The van der Waals surface area contributed by atoms with Gasteiger partial charge in [0.1, 0.15) is 0 Å². The topological polar surface area (TPSA) is 63.4 Å². The van der Waals surface area contributed by atoms with E-state index in [1.54, 1.807) is 4.31 Å². The summed E-state index contributed by atoms with van der Waals surface area (Å²) >= 11 is 0. The minimum atomic E-state index is -2.96. The standard InChI is InChI=1S/C9H20N2O2S/c1-14(12,13)11-7-4-9(5-8-11)3-2-6-10/h9H,2-8,10H2,1H3. The lowest BCUT2D eigenvalue weighted by atomic mass is 9.93. The Morgan fingerprint density at radius 2 is 1.93 bits per heavy atom. The SMILES string of the molecule is CS(=O)(=O)N1CCC(CCCN)CC1. The van der Waals surface area contributed by atoms with E-state index in [9.17, 15) is 8.42 Å². The molecule has 0 radical (unpaired) electrons. The van der Waals surface area contributed by atoms with E-state index < -0.39 is 10.0 Å². The molecule has 84 valence electrons. The third-order valence-electron chi connectivity index (χ3n) is 2.86. The molecule has 5 heteroatoms. The highest BCUT2D eigenvalue weighted by Gasteiger charge is 2.24. The van der Waals surface area contributed by atoms with Gasteiger partial charge in [-0.2, -0.15) is 0 Å². The first-order valence-electron chi connectivity index (χ1n) is 5.19. The van der Waals surface area contributed by atoms with Crippen molar-refractivity contribution in [2.24, 2.45) is 11.7 Å². The second kappa shape index (κ2) is 5.09. The van der Waals surface area contributed by atoms with Crippen molar-refractivity contribution >= 4 is 10.0 Å². The van der Waals surface area contributed by atoms with Gasteiger partial charge in [-0.3, -0.25) is 0 Å². The molecule has 0 saturated carbocycles. The van der Waals surface area contributed by atoms with Crippen LogP contribution in [0.1, 0.15) is 25.7 Å². The summed E-state index contributed by atoms with van der Waals surface area (Å²) in [5.74, 6) is 0.677. The van der Waals surface area contributed by atoms with Crippen LogP contribution in [-0.2, 0) is 10.0 Å². The molecule has 1 saturated heterocycles. The summed E-state index contributed by atoms with van der Waals surface area (Å²) in [7, 11) is -2.96. The van der Waals surface area contributed by atoms with Crippen molar-refractivity contribution in [3.8, 4) is 0 Å². The third-order valence-corrected chi connectivity index (χ3v) is 4.16. The minimum Gasteiger partial charge on any atom is -0.330 e. The molecule has 0 aromatic heterocycles. The molecule has 4 nitrogen and oxygen atoms in total. The van der Waals surface area contributed by atoms with Crippen molar-refractivity contribution in [2.45, 2.75) is 25.7 Å². The molecule has 1 heterocycles. The first kappa shape index (κ1) is 11.9. The molecule has 0 aliphatic carbocycles. The zero-order valence-corrected chi connectivity index (χ0v) is 9.59. The fourth-order valence-electron chi connectivity index (χ4n) is 1.94. The summed E-state index contributed by atoms with van der Waals surface area (Å²) in [5.41, 5.74) is 5.44. The summed E-state index contributed by atoms with van der Waals surface area (Å²) in [6.07, 6.45) is 5.48. The van der Waals surface area contributed by atoms with E-state index >= 15 is 0 Å². The van der Waals surface area contributed by atoms with Gasteiger partial charge in [-0.1, -0.05) is 0 Å². The molecule has 0 aromatic carbocycles. The normalized spacial score (nSPS) is 21.3. The Morgan fingerprint density at radius 3 is 2.36 bits per heavy atom. The Kier molecular flexibility index (Phi) is 4.34. The van der Waals surface area contributed by atoms with Crippen LogP contribution in [0.15, 0.2) is 0 Å². The molecule has 0 amide bonds. The van der Waals surface area contributed by atoms with Gasteiger partial charge in [0, 0.05) is 13.1 Å². The van der Waals surface area contributed by atoms with Gasteiger partial charge in [-0.25, -0.2) is 12.7 Å². The molecule has 0 spiro atoms. The monoisotopic (exact) mass is 220 g/mol. The predicted octanol–water partition coefficient (Wildman–Crippen LogP) is 0.397. The predicted molar refractivity (Wildman–Crippen MR) is 57.4 cm³/mol. The Labute approximate surface area is 86.5 Å². The van der Waals surface area contributed by atoms with Crippen LogP contribution in [0.2, 0.25) is 0 Å². The first-order valence-corrected chi connectivity index (χ1v) is 7.04. The maximum absolute atomic E-state index is 11.2. The molecule has 1 rings (SSSR count). The summed E-state index contributed by atoms with van der Waals surface area (Å²) in [6, 6.07) is 0. The van der Waals surface area contributed by atoms with E-state index in [1.807, 2.05) is 0 Å². The van der Waals surface area contributed by atoms with Gasteiger partial charge < -0.3 is 5.73 Å². The molecule has 1 aliphatic heterocycles. The molecule has 0 aromatic rings. The largest absolute Gasteiger partial charge is 0.330 e. The molecular formula is C9H20N2O2S. The molecule has 14 heavy (non-hydrogen) atoms. The first-order chi connectivity index (χ1) is 6.54. The third kappa shape index (κ3) is 3.55. The number of nitrogens with zero attached hydrogens (tertiary/aromatic N) is 1. The summed E-state index contributed by atoms with van der Waals surface area (Å²) in [4.78, 5) is 0. The van der Waals surface area contributed by atoms with Crippen LogP contribution >= 0.6 is 0 Å². The lowest BCUT2D eigenvalue weighted by molar-refractivity contribution is 0.262. The van der Waals surface area contributed by atoms with E-state index in [0.717, 1.165) is 32.2 Å². The van der Waals surface area contributed by atoms with Crippen LogP contribution in [0.3, 0.4) is 0 Å². The van der Waals surface area contributed by atoms with Crippen LogP contribution < -0.4 is 5.73 Å². The van der Waals surface area contributed by atoms with E-state index in [0.29, 0.717) is 19.0 Å². The van der Waals surface area contributed by atoms with E-state index in [-0.39, 0.29) is 0 Å². The molecule has 0 bridgehead atoms. The van der Waals surface area contributed by atoms with Gasteiger partial charge in [0.2, 0.25) is 10.0 Å². The maximum Gasteiger partial charge on any atom is 0.211 e. The maximum atomic E-state index is 11.2. The van der Waals surface area contributed by atoms with Gasteiger partial charge in [0.15, 0.2) is 0 Å². The molecule has 2 N–H and O–H groups in total. The average Bonchev–Trinajstić information content (AvgIpc) is 2.14. The van der Waals surface area contributed by atoms with Gasteiger partial charge >= 0.3 is 0 Å². The van der Waals surface area contributed by atoms with Gasteiger partial charge in [0.05, 0.1) is 6.26 Å². The second-order valence-electron chi connectivity index (χ2n) is 4.04. The number of rotatable bonds is 4. The zero-order chi connectivity index (χ0) is 10.6. The minimum absolute atomic E-state index is 0.677. The highest BCUT2D eigenvalue weighted by molar-refractivity contribution is 7.88. The Hall–Kier alpha value is -0.130.